The zero-order chi connectivity index (χ0) is 37.6. The summed E-state index contributed by atoms with van der Waals surface area (Å²) in [5, 5.41) is 2.82. The molecule has 1 amide bonds. The number of anilines is 1. The van der Waals surface area contributed by atoms with Gasteiger partial charge in [-0.3, -0.25) is 4.79 Å². The number of unbranched alkanes of at least 4 members (excludes halogenated alkanes) is 1. The minimum atomic E-state index is -0.468. The first-order valence-electron chi connectivity index (χ1n) is 20.9. The highest BCUT2D eigenvalue weighted by Gasteiger charge is 2.59. The van der Waals surface area contributed by atoms with Gasteiger partial charge in [0.1, 0.15) is 30.0 Å². The second kappa shape index (κ2) is 17.3. The molecule has 1 heterocycles. The standard InChI is InChI=1S/C48H57FN2O4/c1-48-31-44(55-38-20-24-43(42(49)30-38)50-46(52)17-9-12-28-51-26-10-4-11-27-51)47-39-22-19-37(53-32-34-13-5-2-6-14-34)29-36(39)18-21-40(47)41(48)23-25-45(48)54-33-35-15-7-3-8-16-35/h2-3,5-8,13-16,19-20,22,24,29-30,40-41,44-45,47H,4,9-12,17-18,21,23,25-28,31-33H2,1H3,(H,50,52)/t40-,41-,44-,45-,47+,48-/m0/s1. The number of benzene rings is 4. The topological polar surface area (TPSA) is 60.0 Å². The fourth-order valence-electron chi connectivity index (χ4n) is 10.4. The summed E-state index contributed by atoms with van der Waals surface area (Å²) in [4.78, 5) is 15.3. The van der Waals surface area contributed by atoms with Crippen LogP contribution in [0, 0.1) is 23.1 Å². The number of nitrogens with zero attached hydrogens (tertiary/aromatic N) is 1. The maximum absolute atomic E-state index is 15.7. The van der Waals surface area contributed by atoms with Crippen LogP contribution in [0.25, 0.3) is 0 Å². The molecule has 0 bridgehead atoms. The molecule has 7 heteroatoms. The van der Waals surface area contributed by atoms with Gasteiger partial charge in [-0.15, -0.1) is 0 Å². The highest BCUT2D eigenvalue weighted by molar-refractivity contribution is 5.90. The van der Waals surface area contributed by atoms with Crippen molar-refractivity contribution in [3.63, 3.8) is 0 Å². The van der Waals surface area contributed by atoms with E-state index in [0.717, 1.165) is 75.9 Å². The van der Waals surface area contributed by atoms with E-state index in [9.17, 15) is 4.79 Å². The minimum Gasteiger partial charge on any atom is -0.490 e. The number of hydrogen-bond acceptors (Lipinski definition) is 5. The van der Waals surface area contributed by atoms with Crippen molar-refractivity contribution in [1.82, 2.24) is 4.90 Å². The summed E-state index contributed by atoms with van der Waals surface area (Å²) in [6, 6.07) is 32.2. The molecule has 8 rings (SSSR count). The van der Waals surface area contributed by atoms with Crippen LogP contribution >= 0.6 is 0 Å². The quantitative estimate of drug-likeness (QED) is 0.130. The Balaban J connectivity index is 0.982. The number of hydrogen-bond donors (Lipinski definition) is 1. The molecule has 6 nitrogen and oxygen atoms in total. The van der Waals surface area contributed by atoms with Gasteiger partial charge in [0.25, 0.3) is 0 Å². The number of piperidine rings is 1. The molecule has 2 saturated carbocycles. The molecule has 4 aromatic rings. The molecule has 55 heavy (non-hydrogen) atoms. The van der Waals surface area contributed by atoms with Crippen LogP contribution in [0.4, 0.5) is 10.1 Å². The number of likely N-dealkylation sites (tertiary alicyclic amines) is 1. The van der Waals surface area contributed by atoms with Crippen LogP contribution in [0.15, 0.2) is 97.1 Å². The monoisotopic (exact) mass is 744 g/mol. The first-order chi connectivity index (χ1) is 26.9. The Hall–Kier alpha value is -4.20. The lowest BCUT2D eigenvalue weighted by molar-refractivity contribution is -0.116. The lowest BCUT2D eigenvalue weighted by Gasteiger charge is -2.53. The molecule has 0 spiro atoms. The van der Waals surface area contributed by atoms with E-state index < -0.39 is 5.82 Å². The fraction of sp³-hybridized carbons (Fsp3) is 0.479. The lowest BCUT2D eigenvalue weighted by atomic mass is 9.54. The summed E-state index contributed by atoms with van der Waals surface area (Å²) < 4.78 is 35.6. The molecule has 1 N–H and O–H groups in total. The lowest BCUT2D eigenvalue weighted by Crippen LogP contribution is -2.52. The van der Waals surface area contributed by atoms with Gasteiger partial charge in [0.2, 0.25) is 5.91 Å². The molecular weight excluding hydrogens is 688 g/mol. The van der Waals surface area contributed by atoms with Crippen molar-refractivity contribution >= 4 is 11.6 Å². The average molecular weight is 745 g/mol. The summed E-state index contributed by atoms with van der Waals surface area (Å²) in [6.45, 7) is 6.89. The van der Waals surface area contributed by atoms with Gasteiger partial charge in [0.15, 0.2) is 0 Å². The van der Waals surface area contributed by atoms with E-state index in [1.54, 1.807) is 6.07 Å². The van der Waals surface area contributed by atoms with Crippen LogP contribution in [0.1, 0.15) is 99.3 Å². The van der Waals surface area contributed by atoms with Crippen LogP contribution < -0.4 is 14.8 Å². The summed E-state index contributed by atoms with van der Waals surface area (Å²) in [7, 11) is 0. The Morgan fingerprint density at radius 2 is 1.58 bits per heavy atom. The minimum absolute atomic E-state index is 0.0721. The van der Waals surface area contributed by atoms with Crippen LogP contribution in [-0.4, -0.2) is 42.6 Å². The van der Waals surface area contributed by atoms with E-state index in [-0.39, 0.29) is 35.1 Å². The number of carbonyl (C=O) groups excluding carboxylic acids is 1. The zero-order valence-electron chi connectivity index (χ0n) is 32.4. The van der Waals surface area contributed by atoms with E-state index in [1.807, 2.05) is 30.3 Å². The first-order valence-corrected chi connectivity index (χ1v) is 20.9. The highest BCUT2D eigenvalue weighted by atomic mass is 19.1. The Bertz CT molecular complexity index is 1880. The number of rotatable bonds is 14. The van der Waals surface area contributed by atoms with Crippen molar-refractivity contribution in [3.05, 3.63) is 125 Å². The van der Waals surface area contributed by atoms with Crippen molar-refractivity contribution < 1.29 is 23.4 Å². The number of nitrogens with one attached hydrogen (secondary N) is 1. The van der Waals surface area contributed by atoms with Crippen molar-refractivity contribution in [2.45, 2.75) is 109 Å². The van der Waals surface area contributed by atoms with E-state index in [2.05, 4.69) is 71.7 Å². The summed E-state index contributed by atoms with van der Waals surface area (Å²) >= 11 is 0. The molecule has 0 aromatic heterocycles. The van der Waals surface area contributed by atoms with Crippen LogP contribution in [-0.2, 0) is 29.2 Å². The first kappa shape index (κ1) is 37.7. The molecule has 6 atom stereocenters. The maximum Gasteiger partial charge on any atom is 0.224 e. The van der Waals surface area contributed by atoms with Crippen LogP contribution in [0.5, 0.6) is 11.5 Å². The number of ether oxygens (including phenoxy) is 3. The van der Waals surface area contributed by atoms with Crippen molar-refractivity contribution in [3.8, 4) is 11.5 Å². The van der Waals surface area contributed by atoms with Gasteiger partial charge < -0.3 is 24.4 Å². The molecule has 1 saturated heterocycles. The zero-order valence-corrected chi connectivity index (χ0v) is 32.4. The largest absolute Gasteiger partial charge is 0.490 e. The molecule has 3 fully saturated rings. The van der Waals surface area contributed by atoms with Gasteiger partial charge in [-0.05, 0) is 136 Å². The Morgan fingerprint density at radius 3 is 2.35 bits per heavy atom. The molecular formula is C48H57FN2O4. The average Bonchev–Trinajstić information content (AvgIpc) is 3.55. The van der Waals surface area contributed by atoms with Gasteiger partial charge in [0, 0.05) is 23.8 Å². The third-order valence-corrected chi connectivity index (χ3v) is 13.2. The number of amides is 1. The molecule has 1 aliphatic heterocycles. The number of carbonyl (C=O) groups is 1. The molecule has 4 aliphatic rings. The van der Waals surface area contributed by atoms with Gasteiger partial charge in [-0.1, -0.05) is 80.1 Å². The molecule has 4 aromatic carbocycles. The molecule has 0 unspecified atom stereocenters. The second-order valence-corrected chi connectivity index (χ2v) is 16.7. The van der Waals surface area contributed by atoms with E-state index in [4.69, 9.17) is 14.2 Å². The van der Waals surface area contributed by atoms with Crippen LogP contribution in [0.3, 0.4) is 0 Å². The summed E-state index contributed by atoms with van der Waals surface area (Å²) in [6.07, 6.45) is 11.0. The maximum atomic E-state index is 15.7. The van der Waals surface area contributed by atoms with Crippen molar-refractivity contribution in [1.29, 1.82) is 0 Å². The van der Waals surface area contributed by atoms with Crippen molar-refractivity contribution in [2.75, 3.05) is 25.0 Å². The Kier molecular flexibility index (Phi) is 11.9. The Morgan fingerprint density at radius 1 is 0.836 bits per heavy atom. The van der Waals surface area contributed by atoms with Gasteiger partial charge in [0.05, 0.1) is 18.4 Å². The van der Waals surface area contributed by atoms with Crippen molar-refractivity contribution in [2.24, 2.45) is 17.3 Å². The normalized spacial score (nSPS) is 26.0. The summed E-state index contributed by atoms with van der Waals surface area (Å²) in [5.41, 5.74) is 5.11. The van der Waals surface area contributed by atoms with Gasteiger partial charge in [-0.25, -0.2) is 4.39 Å². The molecule has 290 valence electrons. The smallest absolute Gasteiger partial charge is 0.224 e. The summed E-state index contributed by atoms with van der Waals surface area (Å²) in [5.74, 6) is 1.88. The fourth-order valence-corrected chi connectivity index (χ4v) is 10.4. The van der Waals surface area contributed by atoms with Crippen LogP contribution in [0.2, 0.25) is 0 Å². The number of fused-ring (bicyclic) bond motifs is 5. The SMILES string of the molecule is C[C@]12C[C@H](Oc3ccc(NC(=O)CCCCN4CCCCC4)c(F)c3)[C@@H]3c4ccc(OCc5ccccc5)cc4CC[C@H]3[C@@H]1CC[C@@H]2OCc1ccccc1. The molecule has 0 radical (unpaired) electrons. The van der Waals surface area contributed by atoms with Gasteiger partial charge in [-0.2, -0.15) is 0 Å². The Labute approximate surface area is 326 Å². The van der Waals surface area contributed by atoms with E-state index >= 15 is 4.39 Å². The van der Waals surface area contributed by atoms with Gasteiger partial charge >= 0.3 is 0 Å². The third-order valence-electron chi connectivity index (χ3n) is 13.2. The predicted molar refractivity (Wildman–Crippen MR) is 216 cm³/mol. The molecule has 3 aliphatic carbocycles. The highest BCUT2D eigenvalue weighted by Crippen LogP contribution is 2.62. The predicted octanol–water partition coefficient (Wildman–Crippen LogP) is 10.5. The van der Waals surface area contributed by atoms with E-state index in [0.29, 0.717) is 37.2 Å². The third kappa shape index (κ3) is 8.79. The van der Waals surface area contributed by atoms with E-state index in [1.165, 1.54) is 42.0 Å². The number of aryl methyl sites for hydroxylation is 1. The number of halogens is 1. The second-order valence-electron chi connectivity index (χ2n) is 16.7.